The molecule has 1 amide bonds. The zero-order valence-corrected chi connectivity index (χ0v) is 16.1. The summed E-state index contributed by atoms with van der Waals surface area (Å²) in [6.07, 6.45) is 1.84. The molecular formula is C21H22N4OS. The minimum absolute atomic E-state index is 0.122. The molecule has 138 valence electrons. The predicted molar refractivity (Wildman–Crippen MR) is 112 cm³/mol. The summed E-state index contributed by atoms with van der Waals surface area (Å²) in [6.45, 7) is 4.11. The number of aromatic nitrogens is 1. The topological polar surface area (TPSA) is 48.5 Å². The second-order valence-electron chi connectivity index (χ2n) is 6.68. The third-order valence-electron chi connectivity index (χ3n) is 4.81. The van der Waals surface area contributed by atoms with Crippen LogP contribution < -0.4 is 10.2 Å². The van der Waals surface area contributed by atoms with Gasteiger partial charge in [-0.3, -0.25) is 4.79 Å². The van der Waals surface area contributed by atoms with Crippen molar-refractivity contribution in [3.8, 4) is 11.1 Å². The molecule has 0 spiro atoms. The van der Waals surface area contributed by atoms with Gasteiger partial charge in [-0.1, -0.05) is 30.3 Å². The highest BCUT2D eigenvalue weighted by Gasteiger charge is 2.17. The minimum Gasteiger partial charge on any atom is -0.368 e. The van der Waals surface area contributed by atoms with Gasteiger partial charge in [-0.15, -0.1) is 11.3 Å². The van der Waals surface area contributed by atoms with Crippen LogP contribution in [0.1, 0.15) is 9.67 Å². The van der Waals surface area contributed by atoms with E-state index in [0.29, 0.717) is 10.7 Å². The maximum absolute atomic E-state index is 12.7. The van der Waals surface area contributed by atoms with Crippen LogP contribution in [0, 0.1) is 0 Å². The fraction of sp³-hybridized carbons (Fsp3) is 0.238. The molecule has 1 saturated heterocycles. The molecule has 0 aliphatic carbocycles. The van der Waals surface area contributed by atoms with Gasteiger partial charge in [-0.25, -0.2) is 4.98 Å². The summed E-state index contributed by atoms with van der Waals surface area (Å²) in [5.74, 6) is 0.453. The predicted octanol–water partition coefficient (Wildman–Crippen LogP) is 3.81. The molecule has 0 atom stereocenters. The molecule has 3 aromatic rings. The molecule has 3 heterocycles. The molecule has 0 saturated carbocycles. The van der Waals surface area contributed by atoms with Gasteiger partial charge in [0.1, 0.15) is 10.7 Å². The maximum atomic E-state index is 12.7. The monoisotopic (exact) mass is 378 g/mol. The number of carbonyl (C=O) groups is 1. The van der Waals surface area contributed by atoms with Crippen molar-refractivity contribution in [2.45, 2.75) is 0 Å². The number of carbonyl (C=O) groups excluding carboxylic acids is 1. The number of piperazine rings is 1. The van der Waals surface area contributed by atoms with Crippen molar-refractivity contribution in [2.24, 2.45) is 0 Å². The summed E-state index contributed by atoms with van der Waals surface area (Å²) in [4.78, 5) is 22.5. The normalized spacial score (nSPS) is 14.9. The first-order valence-electron chi connectivity index (χ1n) is 9.04. The fourth-order valence-electron chi connectivity index (χ4n) is 3.21. The first-order valence-corrected chi connectivity index (χ1v) is 9.92. The largest absolute Gasteiger partial charge is 0.368 e. The molecule has 1 fully saturated rings. The molecule has 0 radical (unpaired) electrons. The van der Waals surface area contributed by atoms with E-state index in [2.05, 4.69) is 27.1 Å². The highest BCUT2D eigenvalue weighted by molar-refractivity contribution is 7.12. The van der Waals surface area contributed by atoms with Crippen molar-refractivity contribution < 1.29 is 4.79 Å². The minimum atomic E-state index is -0.122. The number of likely N-dealkylation sites (N-methyl/N-ethyl adjacent to an activating group) is 1. The Bertz CT molecular complexity index is 899. The Hall–Kier alpha value is -2.70. The Kier molecular flexibility index (Phi) is 5.18. The van der Waals surface area contributed by atoms with Crippen LogP contribution in [0.3, 0.4) is 0 Å². The second kappa shape index (κ2) is 7.90. The van der Waals surface area contributed by atoms with Crippen molar-refractivity contribution in [1.82, 2.24) is 9.88 Å². The fourth-order valence-corrected chi connectivity index (χ4v) is 4.03. The van der Waals surface area contributed by atoms with Crippen molar-refractivity contribution in [2.75, 3.05) is 43.4 Å². The number of thiophene rings is 1. The number of pyridine rings is 1. The van der Waals surface area contributed by atoms with Crippen molar-refractivity contribution >= 4 is 28.7 Å². The zero-order chi connectivity index (χ0) is 18.6. The average molecular weight is 379 g/mol. The van der Waals surface area contributed by atoms with Gasteiger partial charge in [0.2, 0.25) is 0 Å². The molecule has 1 aromatic carbocycles. The molecular weight excluding hydrogens is 356 g/mol. The van der Waals surface area contributed by atoms with Crippen LogP contribution in [-0.4, -0.2) is 49.0 Å². The van der Waals surface area contributed by atoms with E-state index in [1.54, 1.807) is 0 Å². The van der Waals surface area contributed by atoms with Crippen LogP contribution in [0.2, 0.25) is 0 Å². The Labute approximate surface area is 163 Å². The average Bonchev–Trinajstić information content (AvgIpc) is 3.20. The molecule has 1 N–H and O–H groups in total. The van der Waals surface area contributed by atoms with Gasteiger partial charge in [0.25, 0.3) is 5.91 Å². The first kappa shape index (κ1) is 17.7. The van der Waals surface area contributed by atoms with Crippen LogP contribution in [0.5, 0.6) is 0 Å². The Balaban J connectivity index is 1.46. The molecule has 4 rings (SSSR count). The lowest BCUT2D eigenvalue weighted by molar-refractivity contribution is 0.103. The van der Waals surface area contributed by atoms with E-state index < -0.39 is 0 Å². The number of nitrogens with one attached hydrogen (secondary N) is 1. The van der Waals surface area contributed by atoms with E-state index in [0.717, 1.165) is 43.0 Å². The molecule has 2 aromatic heterocycles. The Morgan fingerprint density at radius 3 is 2.52 bits per heavy atom. The molecule has 0 bridgehead atoms. The maximum Gasteiger partial charge on any atom is 0.267 e. The van der Waals surface area contributed by atoms with E-state index in [4.69, 9.17) is 0 Å². The van der Waals surface area contributed by atoms with Gasteiger partial charge in [0.15, 0.2) is 0 Å². The highest BCUT2D eigenvalue weighted by atomic mass is 32.1. The first-order chi connectivity index (χ1) is 13.2. The number of rotatable bonds is 4. The van der Waals surface area contributed by atoms with Crippen LogP contribution in [0.15, 0.2) is 60.1 Å². The quantitative estimate of drug-likeness (QED) is 0.750. The van der Waals surface area contributed by atoms with Crippen LogP contribution in [-0.2, 0) is 0 Å². The molecule has 27 heavy (non-hydrogen) atoms. The summed E-state index contributed by atoms with van der Waals surface area (Å²) in [5.41, 5.74) is 3.09. The lowest BCUT2D eigenvalue weighted by atomic mass is 10.1. The standard InChI is InChI=1S/C21H22N4OS/c1-24-10-12-25(13-11-24)17-7-8-19(22-15-17)23-21(26)20-18(9-14-27-20)16-5-3-2-4-6-16/h2-9,14-15H,10-13H2,1H3,(H,22,23,26). The van der Waals surface area contributed by atoms with Gasteiger partial charge in [0.05, 0.1) is 11.9 Å². The van der Waals surface area contributed by atoms with E-state index >= 15 is 0 Å². The Morgan fingerprint density at radius 1 is 1.04 bits per heavy atom. The molecule has 6 heteroatoms. The van der Waals surface area contributed by atoms with Crippen LogP contribution >= 0.6 is 11.3 Å². The highest BCUT2D eigenvalue weighted by Crippen LogP contribution is 2.29. The summed E-state index contributed by atoms with van der Waals surface area (Å²) < 4.78 is 0. The van der Waals surface area contributed by atoms with Gasteiger partial charge in [-0.2, -0.15) is 0 Å². The summed E-state index contributed by atoms with van der Waals surface area (Å²) in [6, 6.07) is 15.9. The third kappa shape index (κ3) is 4.02. The van der Waals surface area contributed by atoms with Crippen molar-refractivity contribution in [1.29, 1.82) is 0 Å². The number of hydrogen-bond acceptors (Lipinski definition) is 5. The number of benzene rings is 1. The zero-order valence-electron chi connectivity index (χ0n) is 15.3. The van der Waals surface area contributed by atoms with E-state index in [-0.39, 0.29) is 5.91 Å². The number of amides is 1. The van der Waals surface area contributed by atoms with Crippen LogP contribution in [0.25, 0.3) is 11.1 Å². The number of hydrogen-bond donors (Lipinski definition) is 1. The molecule has 1 aliphatic rings. The summed E-state index contributed by atoms with van der Waals surface area (Å²) >= 11 is 1.45. The Morgan fingerprint density at radius 2 is 1.81 bits per heavy atom. The number of nitrogens with zero attached hydrogens (tertiary/aromatic N) is 3. The van der Waals surface area contributed by atoms with E-state index in [1.807, 2.05) is 60.1 Å². The number of anilines is 2. The SMILES string of the molecule is CN1CCN(c2ccc(NC(=O)c3sccc3-c3ccccc3)nc2)CC1. The lowest BCUT2D eigenvalue weighted by Crippen LogP contribution is -2.44. The lowest BCUT2D eigenvalue weighted by Gasteiger charge is -2.33. The third-order valence-corrected chi connectivity index (χ3v) is 5.73. The van der Waals surface area contributed by atoms with Crippen molar-refractivity contribution in [3.63, 3.8) is 0 Å². The van der Waals surface area contributed by atoms with Crippen LogP contribution in [0.4, 0.5) is 11.5 Å². The van der Waals surface area contributed by atoms with Gasteiger partial charge < -0.3 is 15.1 Å². The van der Waals surface area contributed by atoms with Gasteiger partial charge in [-0.05, 0) is 36.2 Å². The second-order valence-corrected chi connectivity index (χ2v) is 7.59. The van der Waals surface area contributed by atoms with Gasteiger partial charge in [0, 0.05) is 31.7 Å². The molecule has 5 nitrogen and oxygen atoms in total. The molecule has 0 unspecified atom stereocenters. The summed E-state index contributed by atoms with van der Waals surface area (Å²) in [5, 5.41) is 4.87. The van der Waals surface area contributed by atoms with E-state index in [1.165, 1.54) is 11.3 Å². The van der Waals surface area contributed by atoms with E-state index in [9.17, 15) is 4.79 Å². The van der Waals surface area contributed by atoms with Crippen molar-refractivity contribution in [3.05, 3.63) is 65.0 Å². The molecule has 1 aliphatic heterocycles. The summed E-state index contributed by atoms with van der Waals surface area (Å²) in [7, 11) is 2.14. The smallest absolute Gasteiger partial charge is 0.267 e. The van der Waals surface area contributed by atoms with Gasteiger partial charge >= 0.3 is 0 Å².